The summed E-state index contributed by atoms with van der Waals surface area (Å²) < 4.78 is 32.1. The van der Waals surface area contributed by atoms with Crippen LogP contribution < -0.4 is 10.0 Å². The van der Waals surface area contributed by atoms with Gasteiger partial charge in [0.05, 0.1) is 33.8 Å². The summed E-state index contributed by atoms with van der Waals surface area (Å²) in [6.07, 6.45) is 0. The summed E-state index contributed by atoms with van der Waals surface area (Å²) >= 11 is 6.24. The molecule has 31 heavy (non-hydrogen) atoms. The number of benzene rings is 3. The molecule has 9 heteroatoms. The van der Waals surface area contributed by atoms with Gasteiger partial charge in [0.1, 0.15) is 0 Å². The van der Waals surface area contributed by atoms with Gasteiger partial charge in [0.25, 0.3) is 15.9 Å². The highest BCUT2D eigenvalue weighted by atomic mass is 35.5. The lowest BCUT2D eigenvalue weighted by atomic mass is 10.1. The van der Waals surface area contributed by atoms with E-state index in [1.165, 1.54) is 37.4 Å². The smallest absolute Gasteiger partial charge is 0.338 e. The summed E-state index contributed by atoms with van der Waals surface area (Å²) in [7, 11) is -2.51. The van der Waals surface area contributed by atoms with Crippen molar-refractivity contribution in [3.63, 3.8) is 0 Å². The van der Waals surface area contributed by atoms with Gasteiger partial charge in [-0.3, -0.25) is 9.52 Å². The number of nitrogens with one attached hydrogen (secondary N) is 2. The molecule has 0 bridgehead atoms. The molecule has 0 saturated heterocycles. The van der Waals surface area contributed by atoms with Gasteiger partial charge in [-0.1, -0.05) is 35.9 Å². The lowest BCUT2D eigenvalue weighted by Crippen LogP contribution is -2.16. The Bertz CT molecular complexity index is 1240. The van der Waals surface area contributed by atoms with Gasteiger partial charge >= 0.3 is 5.97 Å². The first kappa shape index (κ1) is 22.3. The number of sulfonamides is 1. The minimum Gasteiger partial charge on any atom is -0.465 e. The maximum atomic E-state index is 12.7. The number of methoxy groups -OCH3 is 1. The van der Waals surface area contributed by atoms with Crippen LogP contribution in [0.4, 0.5) is 11.4 Å². The third-order valence-electron chi connectivity index (χ3n) is 4.51. The Balaban J connectivity index is 1.81. The highest BCUT2D eigenvalue weighted by Crippen LogP contribution is 2.26. The molecule has 160 valence electrons. The number of esters is 1. The molecule has 0 unspecified atom stereocenters. The van der Waals surface area contributed by atoms with Gasteiger partial charge in [-0.2, -0.15) is 0 Å². The Morgan fingerprint density at radius 2 is 1.65 bits per heavy atom. The van der Waals surface area contributed by atoms with Crippen LogP contribution in [0.5, 0.6) is 0 Å². The van der Waals surface area contributed by atoms with Gasteiger partial charge in [0.15, 0.2) is 0 Å². The molecule has 0 fully saturated rings. The van der Waals surface area contributed by atoms with Gasteiger partial charge in [-0.25, -0.2) is 13.2 Å². The Hall–Kier alpha value is -3.36. The summed E-state index contributed by atoms with van der Waals surface area (Å²) in [5.74, 6) is -1.02. The molecule has 1 amide bonds. The molecular formula is C22H19ClN2O5S. The van der Waals surface area contributed by atoms with E-state index in [1.807, 2.05) is 0 Å². The van der Waals surface area contributed by atoms with Gasteiger partial charge < -0.3 is 10.1 Å². The second-order valence-corrected chi connectivity index (χ2v) is 8.63. The SMILES string of the molecule is COC(=O)c1cccc(NC(=O)c2ccc(NS(=O)(=O)c3ccccc3)cc2Cl)c1C. The second-order valence-electron chi connectivity index (χ2n) is 6.54. The van der Waals surface area contributed by atoms with Crippen molar-refractivity contribution in [3.8, 4) is 0 Å². The average Bonchev–Trinajstić information content (AvgIpc) is 2.75. The van der Waals surface area contributed by atoms with Crippen LogP contribution in [0.25, 0.3) is 0 Å². The Morgan fingerprint density at radius 1 is 0.935 bits per heavy atom. The molecule has 3 aromatic rings. The van der Waals surface area contributed by atoms with E-state index in [4.69, 9.17) is 16.3 Å². The topological polar surface area (TPSA) is 102 Å². The predicted octanol–water partition coefficient (Wildman–Crippen LogP) is 4.49. The monoisotopic (exact) mass is 458 g/mol. The normalized spacial score (nSPS) is 10.9. The molecule has 0 radical (unpaired) electrons. The number of halogens is 1. The molecule has 0 spiro atoms. The van der Waals surface area contributed by atoms with Crippen molar-refractivity contribution >= 4 is 44.9 Å². The van der Waals surface area contributed by atoms with E-state index in [0.29, 0.717) is 16.8 Å². The number of carbonyl (C=O) groups excluding carboxylic acids is 2. The van der Waals surface area contributed by atoms with Crippen molar-refractivity contribution in [2.45, 2.75) is 11.8 Å². The van der Waals surface area contributed by atoms with Gasteiger partial charge in [0.2, 0.25) is 0 Å². The summed E-state index contributed by atoms with van der Waals surface area (Å²) in [5, 5.41) is 2.77. The number of anilines is 2. The van der Waals surface area contributed by atoms with Crippen LogP contribution >= 0.6 is 11.6 Å². The Labute approximate surface area is 185 Å². The third-order valence-corrected chi connectivity index (χ3v) is 6.22. The zero-order valence-corrected chi connectivity index (χ0v) is 18.3. The largest absolute Gasteiger partial charge is 0.465 e. The molecule has 0 aliphatic carbocycles. The number of hydrogen-bond acceptors (Lipinski definition) is 5. The number of rotatable bonds is 6. The summed E-state index contributed by atoms with van der Waals surface area (Å²) in [4.78, 5) is 24.6. The fourth-order valence-corrected chi connectivity index (χ4v) is 4.21. The number of amides is 1. The molecular weight excluding hydrogens is 440 g/mol. The van der Waals surface area contributed by atoms with E-state index in [1.54, 1.807) is 43.3 Å². The maximum Gasteiger partial charge on any atom is 0.338 e. The first-order chi connectivity index (χ1) is 14.7. The summed E-state index contributed by atoms with van der Waals surface area (Å²) in [6.45, 7) is 1.69. The van der Waals surface area contributed by atoms with Crippen LogP contribution in [0.1, 0.15) is 26.3 Å². The standard InChI is InChI=1S/C22H19ClN2O5S/c1-14-17(22(27)30-2)9-6-10-20(14)24-21(26)18-12-11-15(13-19(18)23)25-31(28,29)16-7-4-3-5-8-16/h3-13,25H,1-2H3,(H,24,26). The molecule has 0 heterocycles. The van der Waals surface area contributed by atoms with Crippen LogP contribution in [0.15, 0.2) is 71.6 Å². The van der Waals surface area contributed by atoms with Gasteiger partial charge in [0, 0.05) is 5.69 Å². The van der Waals surface area contributed by atoms with Crippen LogP contribution in [0.2, 0.25) is 5.02 Å². The molecule has 0 saturated carbocycles. The van der Waals surface area contributed by atoms with E-state index in [-0.39, 0.29) is 21.2 Å². The minimum absolute atomic E-state index is 0.0625. The fourth-order valence-electron chi connectivity index (χ4n) is 2.87. The molecule has 0 aromatic heterocycles. The first-order valence-electron chi connectivity index (χ1n) is 9.09. The second kappa shape index (κ2) is 9.20. The third kappa shape index (κ3) is 5.04. The molecule has 3 aromatic carbocycles. The number of ether oxygens (including phenoxy) is 1. The fraction of sp³-hybridized carbons (Fsp3) is 0.0909. The Morgan fingerprint density at radius 3 is 2.29 bits per heavy atom. The highest BCUT2D eigenvalue weighted by Gasteiger charge is 2.18. The molecule has 3 rings (SSSR count). The molecule has 2 N–H and O–H groups in total. The van der Waals surface area contributed by atoms with Crippen LogP contribution in [-0.4, -0.2) is 27.4 Å². The first-order valence-corrected chi connectivity index (χ1v) is 11.0. The van der Waals surface area contributed by atoms with E-state index >= 15 is 0 Å². The van der Waals surface area contributed by atoms with Crippen molar-refractivity contribution in [2.75, 3.05) is 17.1 Å². The van der Waals surface area contributed by atoms with Gasteiger partial charge in [-0.15, -0.1) is 0 Å². The summed E-state index contributed by atoms with van der Waals surface area (Å²) in [5.41, 5.74) is 1.67. The molecule has 7 nitrogen and oxygen atoms in total. The minimum atomic E-state index is -3.79. The van der Waals surface area contributed by atoms with E-state index < -0.39 is 21.9 Å². The highest BCUT2D eigenvalue weighted by molar-refractivity contribution is 7.92. The molecule has 0 aliphatic rings. The Kier molecular flexibility index (Phi) is 6.62. The quantitative estimate of drug-likeness (QED) is 0.530. The van der Waals surface area contributed by atoms with E-state index in [2.05, 4.69) is 10.0 Å². The van der Waals surface area contributed by atoms with Crippen LogP contribution in [-0.2, 0) is 14.8 Å². The van der Waals surface area contributed by atoms with Crippen LogP contribution in [0, 0.1) is 6.92 Å². The average molecular weight is 459 g/mol. The predicted molar refractivity (Wildman–Crippen MR) is 119 cm³/mol. The van der Waals surface area contributed by atoms with E-state index in [9.17, 15) is 18.0 Å². The maximum absolute atomic E-state index is 12.7. The van der Waals surface area contributed by atoms with Gasteiger partial charge in [-0.05, 0) is 55.0 Å². The summed E-state index contributed by atoms with van der Waals surface area (Å²) in [6, 6.07) is 17.0. The van der Waals surface area contributed by atoms with E-state index in [0.717, 1.165) is 0 Å². The number of carbonyl (C=O) groups is 2. The van der Waals surface area contributed by atoms with Crippen molar-refractivity contribution in [3.05, 3.63) is 88.4 Å². The lowest BCUT2D eigenvalue weighted by molar-refractivity contribution is 0.0599. The molecule has 0 aliphatic heterocycles. The molecule has 0 atom stereocenters. The zero-order chi connectivity index (χ0) is 22.6. The van der Waals surface area contributed by atoms with Crippen LogP contribution in [0.3, 0.4) is 0 Å². The van der Waals surface area contributed by atoms with Crippen molar-refractivity contribution in [1.82, 2.24) is 0 Å². The van der Waals surface area contributed by atoms with Crippen molar-refractivity contribution in [2.24, 2.45) is 0 Å². The van der Waals surface area contributed by atoms with Crippen molar-refractivity contribution < 1.29 is 22.7 Å². The lowest BCUT2D eigenvalue weighted by Gasteiger charge is -2.13. The zero-order valence-electron chi connectivity index (χ0n) is 16.7. The van der Waals surface area contributed by atoms with Crippen molar-refractivity contribution in [1.29, 1.82) is 0 Å². The number of hydrogen-bond donors (Lipinski definition) is 2.